The highest BCUT2D eigenvalue weighted by molar-refractivity contribution is 5.38. The fourth-order valence-electron chi connectivity index (χ4n) is 5.02. The maximum atomic E-state index is 7.10. The summed E-state index contributed by atoms with van der Waals surface area (Å²) in [5, 5.41) is 0. The van der Waals surface area contributed by atoms with E-state index in [-0.39, 0.29) is 12.2 Å². The summed E-state index contributed by atoms with van der Waals surface area (Å²) in [6.07, 6.45) is 5.69. The molecule has 0 aliphatic carbocycles. The summed E-state index contributed by atoms with van der Waals surface area (Å²) < 4.78 is 19.1. The number of unbranched alkanes of at least 4 members (excludes halogenated alkanes) is 4. The minimum atomic E-state index is -0.274. The van der Waals surface area contributed by atoms with Gasteiger partial charge in [0, 0.05) is 0 Å². The van der Waals surface area contributed by atoms with Crippen LogP contribution < -0.4 is 20.9 Å². The summed E-state index contributed by atoms with van der Waals surface area (Å²) in [4.78, 5) is 0. The summed E-state index contributed by atoms with van der Waals surface area (Å²) in [5.74, 6) is 1.74. The van der Waals surface area contributed by atoms with Crippen LogP contribution >= 0.6 is 0 Å². The molecule has 0 amide bonds. The molecule has 5 nitrogen and oxygen atoms in total. The van der Waals surface area contributed by atoms with Gasteiger partial charge < -0.3 is 25.7 Å². The van der Waals surface area contributed by atoms with Gasteiger partial charge in [-0.2, -0.15) is 0 Å². The second-order valence-corrected chi connectivity index (χ2v) is 11.3. The van der Waals surface area contributed by atoms with Crippen molar-refractivity contribution in [2.75, 3.05) is 26.3 Å². The van der Waals surface area contributed by atoms with Crippen LogP contribution in [0.15, 0.2) is 97.1 Å². The minimum Gasteiger partial charge on any atom is -0.494 e. The first-order valence-electron chi connectivity index (χ1n) is 15.7. The van der Waals surface area contributed by atoms with E-state index in [1.165, 1.54) is 11.1 Å². The molecule has 0 saturated heterocycles. The fourth-order valence-corrected chi connectivity index (χ4v) is 5.02. The van der Waals surface area contributed by atoms with E-state index in [2.05, 4.69) is 86.6 Å². The van der Waals surface area contributed by atoms with Crippen LogP contribution in [-0.4, -0.2) is 26.3 Å². The quantitative estimate of drug-likeness (QED) is 0.116. The molecule has 4 aromatic rings. The van der Waals surface area contributed by atoms with Crippen molar-refractivity contribution in [1.29, 1.82) is 0 Å². The monoisotopic (exact) mass is 580 g/mol. The maximum absolute atomic E-state index is 7.10. The Morgan fingerprint density at radius 2 is 0.767 bits per heavy atom. The predicted octanol–water partition coefficient (Wildman–Crippen LogP) is 8.21. The highest BCUT2D eigenvalue weighted by Gasteiger charge is 2.24. The molecule has 0 heterocycles. The van der Waals surface area contributed by atoms with Crippen molar-refractivity contribution in [2.24, 2.45) is 11.5 Å². The molecule has 0 saturated carbocycles. The molecule has 2 unspecified atom stereocenters. The number of benzene rings is 4. The third-order valence-electron chi connectivity index (χ3n) is 7.63. The zero-order chi connectivity index (χ0) is 30.3. The summed E-state index contributed by atoms with van der Waals surface area (Å²) in [5.41, 5.74) is 18.0. The average molecular weight is 581 g/mol. The van der Waals surface area contributed by atoms with Gasteiger partial charge in [0.15, 0.2) is 0 Å². The van der Waals surface area contributed by atoms with Gasteiger partial charge in [0.1, 0.15) is 23.7 Å². The predicted molar refractivity (Wildman–Crippen MR) is 177 cm³/mol. The van der Waals surface area contributed by atoms with Gasteiger partial charge in [-0.1, -0.05) is 83.9 Å². The van der Waals surface area contributed by atoms with Crippen molar-refractivity contribution in [3.8, 4) is 11.5 Å². The standard InChI is InChI=1S/C38H48N2O3/c1-29-9-13-31(14-10-29)37(33-17-21-35(22-18-33)41-27-7-3-5-25-39)43-38(32-15-11-30(2)12-16-32)34-19-23-36(24-20-34)42-28-8-4-6-26-40/h9-24,37-38H,3-8,25-28,39-40H2,1-2H3. The Hall–Kier alpha value is -3.64. The van der Waals surface area contributed by atoms with E-state index in [4.69, 9.17) is 25.7 Å². The molecular formula is C38H48N2O3. The van der Waals surface area contributed by atoms with Gasteiger partial charge in [-0.15, -0.1) is 0 Å². The first kappa shape index (κ1) is 32.3. The van der Waals surface area contributed by atoms with Crippen molar-refractivity contribution in [1.82, 2.24) is 0 Å². The number of ether oxygens (including phenoxy) is 3. The lowest BCUT2D eigenvalue weighted by Crippen LogP contribution is -2.13. The summed E-state index contributed by atoms with van der Waals surface area (Å²) in [7, 11) is 0. The van der Waals surface area contributed by atoms with E-state index in [1.54, 1.807) is 0 Å². The lowest BCUT2D eigenvalue weighted by atomic mass is 9.97. The number of hydrogen-bond acceptors (Lipinski definition) is 5. The van der Waals surface area contributed by atoms with Gasteiger partial charge in [0.2, 0.25) is 0 Å². The van der Waals surface area contributed by atoms with Gasteiger partial charge in [-0.3, -0.25) is 0 Å². The topological polar surface area (TPSA) is 79.7 Å². The van der Waals surface area contributed by atoms with Crippen LogP contribution in [0.4, 0.5) is 0 Å². The van der Waals surface area contributed by atoms with Crippen LogP contribution in [-0.2, 0) is 4.74 Å². The summed E-state index contributed by atoms with van der Waals surface area (Å²) in [6.45, 7) is 7.06. The maximum Gasteiger partial charge on any atom is 0.119 e. The van der Waals surface area contributed by atoms with Crippen LogP contribution in [0, 0.1) is 13.8 Å². The molecule has 228 valence electrons. The van der Waals surface area contributed by atoms with E-state index in [9.17, 15) is 0 Å². The molecule has 0 radical (unpaired) electrons. The number of aryl methyl sites for hydroxylation is 2. The first-order chi connectivity index (χ1) is 21.1. The van der Waals surface area contributed by atoms with Crippen LogP contribution in [0.25, 0.3) is 0 Å². The van der Waals surface area contributed by atoms with E-state index >= 15 is 0 Å². The van der Waals surface area contributed by atoms with E-state index in [0.717, 1.165) is 85.4 Å². The van der Waals surface area contributed by atoms with E-state index in [0.29, 0.717) is 13.2 Å². The molecule has 4 rings (SSSR count). The number of nitrogens with two attached hydrogens (primary N) is 2. The second-order valence-electron chi connectivity index (χ2n) is 11.3. The second kappa shape index (κ2) is 17.5. The van der Waals surface area contributed by atoms with E-state index in [1.807, 2.05) is 24.3 Å². The molecule has 2 atom stereocenters. The largest absolute Gasteiger partial charge is 0.494 e. The van der Waals surface area contributed by atoms with Gasteiger partial charge in [-0.05, 0) is 112 Å². The van der Waals surface area contributed by atoms with Gasteiger partial charge in [-0.25, -0.2) is 0 Å². The Morgan fingerprint density at radius 1 is 0.442 bits per heavy atom. The third-order valence-corrected chi connectivity index (χ3v) is 7.63. The molecule has 0 aliphatic rings. The van der Waals surface area contributed by atoms with Crippen LogP contribution in [0.1, 0.15) is 84.1 Å². The van der Waals surface area contributed by atoms with Crippen molar-refractivity contribution in [3.63, 3.8) is 0 Å². The minimum absolute atomic E-state index is 0.274. The van der Waals surface area contributed by atoms with Crippen LogP contribution in [0.3, 0.4) is 0 Å². The van der Waals surface area contributed by atoms with Crippen LogP contribution in [0.5, 0.6) is 11.5 Å². The SMILES string of the molecule is Cc1ccc(C(OC(c2ccc(C)cc2)c2ccc(OCCCCCN)cc2)c2ccc(OCCCCCN)cc2)cc1. The summed E-state index contributed by atoms with van der Waals surface area (Å²) in [6, 6.07) is 33.9. The highest BCUT2D eigenvalue weighted by atomic mass is 16.5. The van der Waals surface area contributed by atoms with E-state index < -0.39 is 0 Å². The lowest BCUT2D eigenvalue weighted by Gasteiger charge is -2.27. The Balaban J connectivity index is 1.58. The molecule has 0 aliphatic heterocycles. The molecule has 4 N–H and O–H groups in total. The van der Waals surface area contributed by atoms with Gasteiger partial charge in [0.05, 0.1) is 13.2 Å². The molecule has 4 aromatic carbocycles. The Bertz CT molecular complexity index is 1210. The van der Waals surface area contributed by atoms with Crippen molar-refractivity contribution < 1.29 is 14.2 Å². The fraction of sp³-hybridized carbons (Fsp3) is 0.368. The molecular weight excluding hydrogens is 532 g/mol. The molecule has 0 spiro atoms. The van der Waals surface area contributed by atoms with Gasteiger partial charge in [0.25, 0.3) is 0 Å². The Morgan fingerprint density at radius 3 is 1.09 bits per heavy atom. The zero-order valence-electron chi connectivity index (χ0n) is 25.8. The highest BCUT2D eigenvalue weighted by Crippen LogP contribution is 2.37. The Labute approximate surface area is 258 Å². The molecule has 43 heavy (non-hydrogen) atoms. The van der Waals surface area contributed by atoms with Crippen molar-refractivity contribution in [3.05, 3.63) is 130 Å². The first-order valence-corrected chi connectivity index (χ1v) is 15.7. The summed E-state index contributed by atoms with van der Waals surface area (Å²) >= 11 is 0. The molecule has 0 aromatic heterocycles. The normalized spacial score (nSPS) is 12.6. The van der Waals surface area contributed by atoms with Gasteiger partial charge >= 0.3 is 0 Å². The zero-order valence-corrected chi connectivity index (χ0v) is 25.8. The van der Waals surface area contributed by atoms with Crippen molar-refractivity contribution in [2.45, 2.75) is 64.6 Å². The molecule has 5 heteroatoms. The third kappa shape index (κ3) is 10.2. The lowest BCUT2D eigenvalue weighted by molar-refractivity contribution is 0.0308. The smallest absolute Gasteiger partial charge is 0.119 e. The number of rotatable bonds is 18. The Kier molecular flexibility index (Phi) is 13.1. The van der Waals surface area contributed by atoms with Crippen LogP contribution in [0.2, 0.25) is 0 Å². The van der Waals surface area contributed by atoms with Crippen molar-refractivity contribution >= 4 is 0 Å². The number of hydrogen-bond donors (Lipinski definition) is 2. The molecule has 0 fully saturated rings. The molecule has 0 bridgehead atoms. The average Bonchev–Trinajstić information content (AvgIpc) is 3.03.